The fraction of sp³-hybridized carbons (Fsp3) is 0.158. The van der Waals surface area contributed by atoms with Gasteiger partial charge in [-0.2, -0.15) is 0 Å². The van der Waals surface area contributed by atoms with E-state index in [1.54, 1.807) is 0 Å². The van der Waals surface area contributed by atoms with E-state index >= 15 is 0 Å². The van der Waals surface area contributed by atoms with E-state index in [2.05, 4.69) is 315 Å². The summed E-state index contributed by atoms with van der Waals surface area (Å²) in [6.45, 7) is 8.33. The molecule has 0 spiro atoms. The third-order valence-corrected chi connectivity index (χ3v) is 15.9. The summed E-state index contributed by atoms with van der Waals surface area (Å²) in [5.74, 6) is 0. The molecule has 0 saturated carbocycles. The molecule has 4 aromatic heterocycles. The van der Waals surface area contributed by atoms with Crippen LogP contribution >= 0.6 is 0 Å². The van der Waals surface area contributed by atoms with Gasteiger partial charge < -0.3 is 18.3 Å². The lowest BCUT2D eigenvalue weighted by molar-refractivity contribution is 0.824. The lowest BCUT2D eigenvalue weighted by Gasteiger charge is -2.07. The molecular formula is C76H74N4. The predicted octanol–water partition coefficient (Wildman–Crippen LogP) is 20.0. The number of rotatable bonds is 1. The van der Waals surface area contributed by atoms with Crippen molar-refractivity contribution in [2.45, 2.75) is 53.4 Å². The molecule has 4 nitrogen and oxygen atoms in total. The summed E-state index contributed by atoms with van der Waals surface area (Å²) in [7, 11) is 8.51. The van der Waals surface area contributed by atoms with E-state index in [1.165, 1.54) is 134 Å². The molecule has 0 fully saturated rings. The highest BCUT2D eigenvalue weighted by molar-refractivity contribution is 6.09. The van der Waals surface area contributed by atoms with Gasteiger partial charge in [-0.15, -0.1) is 0 Å². The normalized spacial score (nSPS) is 11.6. The molecule has 0 bridgehead atoms. The minimum absolute atomic E-state index is 1.10. The van der Waals surface area contributed by atoms with E-state index < -0.39 is 0 Å². The summed E-state index contributed by atoms with van der Waals surface area (Å²) in [5, 5.41) is 9.42. The maximum absolute atomic E-state index is 2.33. The van der Waals surface area contributed by atoms with Gasteiger partial charge in [-0.3, -0.25) is 0 Å². The molecule has 0 unspecified atom stereocenters. The average molecular weight is 1040 g/mol. The Morgan fingerprint density at radius 1 is 0.338 bits per heavy atom. The number of aryl methyl sites for hydroxylation is 6. The molecule has 0 aliphatic heterocycles. The van der Waals surface area contributed by atoms with Gasteiger partial charge in [-0.1, -0.05) is 233 Å². The Morgan fingerprint density at radius 3 is 0.988 bits per heavy atom. The summed E-state index contributed by atoms with van der Waals surface area (Å²) in [6.07, 6.45) is 9.14. The highest BCUT2D eigenvalue weighted by atomic mass is 15.0. The van der Waals surface area contributed by atoms with Crippen LogP contribution in [-0.2, 0) is 47.5 Å². The van der Waals surface area contributed by atoms with Gasteiger partial charge in [0.05, 0.1) is 0 Å². The van der Waals surface area contributed by atoms with Crippen LogP contribution in [0.3, 0.4) is 0 Å². The van der Waals surface area contributed by atoms with Crippen LogP contribution in [0.4, 0.5) is 0 Å². The molecule has 2 aliphatic rings. The predicted molar refractivity (Wildman–Crippen MR) is 348 cm³/mol. The molecule has 16 rings (SSSR count). The molecular weight excluding hydrogens is 969 g/mol. The van der Waals surface area contributed by atoms with Crippen LogP contribution in [0, 0.1) is 6.92 Å². The van der Waals surface area contributed by atoms with Crippen LogP contribution in [0.1, 0.15) is 60.7 Å². The Hall–Kier alpha value is -9.12. The minimum Gasteiger partial charge on any atom is -0.347 e. The number of aromatic nitrogens is 4. The van der Waals surface area contributed by atoms with Crippen LogP contribution in [-0.4, -0.2) is 18.3 Å². The Kier molecular flexibility index (Phi) is 17.0. The van der Waals surface area contributed by atoms with E-state index in [-0.39, 0.29) is 0 Å². The summed E-state index contributed by atoms with van der Waals surface area (Å²) < 4.78 is 9.05. The molecule has 14 aromatic rings. The standard InChI is InChI=1S/C13H13N.3C13H11N.C13H10.C9H12.C2H6/c4*1-14-12-8-4-2-6-10(12)11-7-3-5-9-13(11)14;1-3-7-12-10(5-1)9-11-6-2-4-8-13(11)12;1-3-9-7-5-4-6-8(9)2;1-2/h2-4,6-8H,5,9H2,1H3;3*2-9H,1H3;1-8H,9H2;4-7H,3H2,1-2H3;1-2H3. The van der Waals surface area contributed by atoms with Gasteiger partial charge in [0.15, 0.2) is 0 Å². The Bertz CT molecular complexity index is 3950. The van der Waals surface area contributed by atoms with Crippen molar-refractivity contribution in [3.8, 4) is 11.1 Å². The van der Waals surface area contributed by atoms with Crippen LogP contribution in [0.5, 0.6) is 0 Å². The Balaban J connectivity index is 0.000000108. The number of hydrogen-bond donors (Lipinski definition) is 0. The first-order valence-electron chi connectivity index (χ1n) is 28.5. The van der Waals surface area contributed by atoms with E-state index in [0.29, 0.717) is 0 Å². The third kappa shape index (κ3) is 11.0. The van der Waals surface area contributed by atoms with Crippen molar-refractivity contribution in [1.82, 2.24) is 18.3 Å². The molecule has 0 saturated heterocycles. The second kappa shape index (κ2) is 25.1. The second-order valence-corrected chi connectivity index (χ2v) is 20.4. The average Bonchev–Trinajstić information content (AvgIpc) is 4.49. The second-order valence-electron chi connectivity index (χ2n) is 20.4. The number of para-hydroxylation sites is 7. The van der Waals surface area contributed by atoms with Gasteiger partial charge in [-0.05, 0) is 108 Å². The molecule has 0 N–H and O–H groups in total. The van der Waals surface area contributed by atoms with E-state index in [0.717, 1.165) is 12.8 Å². The van der Waals surface area contributed by atoms with Gasteiger partial charge in [0.2, 0.25) is 0 Å². The number of hydrogen-bond acceptors (Lipinski definition) is 0. The minimum atomic E-state index is 1.10. The number of nitrogens with zero attached hydrogens (tertiary/aromatic N) is 4. The van der Waals surface area contributed by atoms with Crippen molar-refractivity contribution in [2.24, 2.45) is 28.2 Å². The van der Waals surface area contributed by atoms with Crippen LogP contribution in [0.2, 0.25) is 0 Å². The zero-order valence-electron chi connectivity index (χ0n) is 47.9. The SMILES string of the molecule is CC.CCc1ccccc1C.Cn1c2c(c3ccccc31)C=CCC2.Cn1c2ccccc2c2ccccc21.Cn1c2ccccc2c2ccccc21.Cn1c2ccccc2c2ccccc21.c1ccc2c(c1)Cc1ccccc1-2. The van der Waals surface area contributed by atoms with Crippen molar-refractivity contribution in [3.63, 3.8) is 0 Å². The van der Waals surface area contributed by atoms with Crippen molar-refractivity contribution in [3.05, 3.63) is 282 Å². The first kappa shape index (κ1) is 54.2. The lowest BCUT2D eigenvalue weighted by Crippen LogP contribution is -1.99. The first-order chi connectivity index (χ1) is 39.3. The smallest absolute Gasteiger partial charge is 0.0488 e. The van der Waals surface area contributed by atoms with Crippen molar-refractivity contribution in [1.29, 1.82) is 0 Å². The highest BCUT2D eigenvalue weighted by Gasteiger charge is 2.17. The molecule has 0 radical (unpaired) electrons. The Labute approximate surface area is 473 Å². The Morgan fingerprint density at radius 2 is 0.637 bits per heavy atom. The van der Waals surface area contributed by atoms with Gasteiger partial charge in [-0.25, -0.2) is 0 Å². The van der Waals surface area contributed by atoms with Gasteiger partial charge in [0.1, 0.15) is 0 Å². The quantitative estimate of drug-likeness (QED) is 0.156. The van der Waals surface area contributed by atoms with Crippen LogP contribution in [0.25, 0.3) is 93.5 Å². The van der Waals surface area contributed by atoms with E-state index in [4.69, 9.17) is 0 Å². The fourth-order valence-corrected chi connectivity index (χ4v) is 11.8. The number of allylic oxidation sites excluding steroid dienone is 1. The summed E-state index contributed by atoms with van der Waals surface area (Å²) in [4.78, 5) is 0. The van der Waals surface area contributed by atoms with E-state index in [9.17, 15) is 0 Å². The highest BCUT2D eigenvalue weighted by Crippen LogP contribution is 2.36. The van der Waals surface area contributed by atoms with Gasteiger partial charge >= 0.3 is 0 Å². The molecule has 2 aliphatic carbocycles. The maximum atomic E-state index is 2.33. The fourth-order valence-electron chi connectivity index (χ4n) is 11.8. The molecule has 0 atom stereocenters. The lowest BCUT2D eigenvalue weighted by atomic mass is 10.0. The van der Waals surface area contributed by atoms with Crippen molar-refractivity contribution < 1.29 is 0 Å². The summed E-state index contributed by atoms with van der Waals surface area (Å²) >= 11 is 0. The van der Waals surface area contributed by atoms with Crippen LogP contribution < -0.4 is 0 Å². The number of fused-ring (bicyclic) bond motifs is 15. The monoisotopic (exact) mass is 1040 g/mol. The largest absolute Gasteiger partial charge is 0.347 e. The summed E-state index contributed by atoms with van der Waals surface area (Å²) in [6, 6.07) is 85.5. The zero-order chi connectivity index (χ0) is 55.5. The topological polar surface area (TPSA) is 19.7 Å². The molecule has 0 amide bonds. The first-order valence-corrected chi connectivity index (χ1v) is 28.5. The third-order valence-electron chi connectivity index (χ3n) is 15.9. The van der Waals surface area contributed by atoms with Gasteiger partial charge in [0.25, 0.3) is 0 Å². The molecule has 398 valence electrons. The van der Waals surface area contributed by atoms with Crippen molar-refractivity contribution in [2.75, 3.05) is 0 Å². The van der Waals surface area contributed by atoms with Crippen molar-refractivity contribution >= 4 is 82.4 Å². The maximum Gasteiger partial charge on any atom is 0.0488 e. The molecule has 80 heavy (non-hydrogen) atoms. The van der Waals surface area contributed by atoms with Gasteiger partial charge in [0, 0.05) is 116 Å². The zero-order valence-corrected chi connectivity index (χ0v) is 47.9. The van der Waals surface area contributed by atoms with Crippen LogP contribution in [0.15, 0.2) is 249 Å². The van der Waals surface area contributed by atoms with E-state index in [1.807, 2.05) is 13.8 Å². The molecule has 4 heterocycles. The number of benzene rings is 10. The summed E-state index contributed by atoms with van der Waals surface area (Å²) in [5.41, 5.74) is 20.7. The molecule has 10 aromatic carbocycles. The molecule has 4 heteroatoms.